The lowest BCUT2D eigenvalue weighted by atomic mass is 9.75. The van der Waals surface area contributed by atoms with Crippen LogP contribution in [0.3, 0.4) is 0 Å². The quantitative estimate of drug-likeness (QED) is 0.774. The second-order valence-corrected chi connectivity index (χ2v) is 6.73. The summed E-state index contributed by atoms with van der Waals surface area (Å²) >= 11 is 12.0. The summed E-state index contributed by atoms with van der Waals surface area (Å²) in [6.45, 7) is 2.20. The van der Waals surface area contributed by atoms with Gasteiger partial charge < -0.3 is 5.32 Å². The van der Waals surface area contributed by atoms with Crippen LogP contribution in [0.5, 0.6) is 0 Å². The van der Waals surface area contributed by atoms with Crippen molar-refractivity contribution in [2.45, 2.75) is 37.8 Å². The minimum Gasteiger partial charge on any atom is -0.307 e. The Hall–Kier alpha value is -1.02. The van der Waals surface area contributed by atoms with E-state index >= 15 is 0 Å². The van der Waals surface area contributed by atoms with Gasteiger partial charge in [-0.1, -0.05) is 47.5 Å². The van der Waals surface area contributed by atoms with Crippen molar-refractivity contribution in [1.29, 1.82) is 0 Å². The molecule has 0 unspecified atom stereocenters. The smallest absolute Gasteiger partial charge is 0.0409 e. The van der Waals surface area contributed by atoms with Gasteiger partial charge in [0, 0.05) is 22.1 Å². The lowest BCUT2D eigenvalue weighted by Crippen LogP contribution is -2.41. The van der Waals surface area contributed by atoms with Gasteiger partial charge in [-0.05, 0) is 61.1 Å². The number of benzene rings is 2. The van der Waals surface area contributed by atoms with Gasteiger partial charge >= 0.3 is 0 Å². The lowest BCUT2D eigenvalue weighted by molar-refractivity contribution is 0.271. The fourth-order valence-electron chi connectivity index (χ4n) is 2.99. The molecule has 110 valence electrons. The standard InChI is InChI=1S/C18H19Cl2N/c1-12(14-3-2-4-17(20)9-14)21-18-10-15(11-18)13-5-7-16(19)8-6-13/h2-9,12,15,18,21H,10-11H2,1H3/t12-,15?,18?/m0/s1. The molecule has 0 bridgehead atoms. The van der Waals surface area contributed by atoms with E-state index in [2.05, 4.69) is 30.4 Å². The number of nitrogens with one attached hydrogen (secondary N) is 1. The molecule has 2 aromatic rings. The average molecular weight is 320 g/mol. The van der Waals surface area contributed by atoms with Crippen molar-refractivity contribution in [3.8, 4) is 0 Å². The predicted octanol–water partition coefficient (Wildman–Crippen LogP) is 5.59. The van der Waals surface area contributed by atoms with Crippen LogP contribution in [0.2, 0.25) is 10.0 Å². The normalized spacial score (nSPS) is 22.6. The highest BCUT2D eigenvalue weighted by atomic mass is 35.5. The van der Waals surface area contributed by atoms with Gasteiger partial charge in [0.2, 0.25) is 0 Å². The first-order chi connectivity index (χ1) is 10.1. The Balaban J connectivity index is 1.54. The summed E-state index contributed by atoms with van der Waals surface area (Å²) in [5.74, 6) is 0.659. The van der Waals surface area contributed by atoms with Gasteiger partial charge in [-0.15, -0.1) is 0 Å². The number of halogens is 2. The summed E-state index contributed by atoms with van der Waals surface area (Å²) in [5.41, 5.74) is 2.64. The lowest BCUT2D eigenvalue weighted by Gasteiger charge is -2.38. The van der Waals surface area contributed by atoms with E-state index in [9.17, 15) is 0 Å². The molecule has 1 N–H and O–H groups in total. The molecule has 0 spiro atoms. The Bertz CT molecular complexity index is 603. The molecule has 1 aliphatic carbocycles. The van der Waals surface area contributed by atoms with Gasteiger partial charge in [-0.25, -0.2) is 0 Å². The van der Waals surface area contributed by atoms with E-state index in [1.807, 2.05) is 30.3 Å². The van der Waals surface area contributed by atoms with Gasteiger partial charge in [-0.2, -0.15) is 0 Å². The Morgan fingerprint density at radius 3 is 2.38 bits per heavy atom. The molecule has 0 heterocycles. The van der Waals surface area contributed by atoms with Gasteiger partial charge in [0.05, 0.1) is 0 Å². The van der Waals surface area contributed by atoms with Crippen LogP contribution in [0.25, 0.3) is 0 Å². The second kappa shape index (κ2) is 6.39. The first kappa shape index (κ1) is 14.9. The average Bonchev–Trinajstić information content (AvgIpc) is 2.43. The van der Waals surface area contributed by atoms with Crippen molar-refractivity contribution in [1.82, 2.24) is 5.32 Å². The van der Waals surface area contributed by atoms with E-state index in [1.165, 1.54) is 24.0 Å². The molecule has 0 saturated heterocycles. The molecular weight excluding hydrogens is 301 g/mol. The molecule has 1 fully saturated rings. The fraction of sp³-hybridized carbons (Fsp3) is 0.333. The maximum Gasteiger partial charge on any atom is 0.0409 e. The number of rotatable bonds is 4. The van der Waals surface area contributed by atoms with Gasteiger partial charge in [0.25, 0.3) is 0 Å². The van der Waals surface area contributed by atoms with E-state index < -0.39 is 0 Å². The van der Waals surface area contributed by atoms with Crippen LogP contribution in [-0.2, 0) is 0 Å². The van der Waals surface area contributed by atoms with Crippen molar-refractivity contribution >= 4 is 23.2 Å². The zero-order chi connectivity index (χ0) is 14.8. The third-order valence-corrected chi connectivity index (χ3v) is 4.80. The summed E-state index contributed by atoms with van der Waals surface area (Å²) in [5, 5.41) is 5.29. The van der Waals surface area contributed by atoms with E-state index in [0.717, 1.165) is 10.0 Å². The zero-order valence-electron chi connectivity index (χ0n) is 12.0. The first-order valence-electron chi connectivity index (χ1n) is 7.39. The Morgan fingerprint density at radius 2 is 1.71 bits per heavy atom. The molecule has 21 heavy (non-hydrogen) atoms. The van der Waals surface area contributed by atoms with E-state index in [4.69, 9.17) is 23.2 Å². The molecule has 0 aliphatic heterocycles. The highest BCUT2D eigenvalue weighted by Gasteiger charge is 2.31. The van der Waals surface area contributed by atoms with Crippen LogP contribution < -0.4 is 5.32 Å². The molecule has 2 aromatic carbocycles. The van der Waals surface area contributed by atoms with Crippen LogP contribution in [0.4, 0.5) is 0 Å². The van der Waals surface area contributed by atoms with E-state index in [0.29, 0.717) is 18.0 Å². The number of hydrogen-bond donors (Lipinski definition) is 1. The van der Waals surface area contributed by atoms with E-state index in [-0.39, 0.29) is 0 Å². The zero-order valence-corrected chi connectivity index (χ0v) is 13.5. The third-order valence-electron chi connectivity index (χ3n) is 4.31. The van der Waals surface area contributed by atoms with Crippen LogP contribution in [-0.4, -0.2) is 6.04 Å². The summed E-state index contributed by atoms with van der Waals surface area (Å²) < 4.78 is 0. The maximum atomic E-state index is 6.05. The first-order valence-corrected chi connectivity index (χ1v) is 8.14. The Labute approximate surface area is 136 Å². The van der Waals surface area contributed by atoms with Crippen molar-refractivity contribution in [2.24, 2.45) is 0 Å². The van der Waals surface area contributed by atoms with Crippen LogP contribution in [0, 0.1) is 0 Å². The monoisotopic (exact) mass is 319 g/mol. The van der Waals surface area contributed by atoms with Gasteiger partial charge in [0.1, 0.15) is 0 Å². The molecule has 1 nitrogen and oxygen atoms in total. The number of hydrogen-bond acceptors (Lipinski definition) is 1. The van der Waals surface area contributed by atoms with Crippen molar-refractivity contribution in [3.63, 3.8) is 0 Å². The van der Waals surface area contributed by atoms with Crippen LogP contribution >= 0.6 is 23.2 Å². The summed E-state index contributed by atoms with van der Waals surface area (Å²) in [6, 6.07) is 17.2. The largest absolute Gasteiger partial charge is 0.307 e. The van der Waals surface area contributed by atoms with Crippen LogP contribution in [0.15, 0.2) is 48.5 Å². The fourth-order valence-corrected chi connectivity index (χ4v) is 3.31. The maximum absolute atomic E-state index is 6.05. The molecule has 0 aromatic heterocycles. The summed E-state index contributed by atoms with van der Waals surface area (Å²) in [4.78, 5) is 0. The molecule has 1 atom stereocenters. The molecule has 3 heteroatoms. The molecule has 1 aliphatic rings. The van der Waals surface area contributed by atoms with Crippen molar-refractivity contribution < 1.29 is 0 Å². The van der Waals surface area contributed by atoms with Crippen LogP contribution in [0.1, 0.15) is 42.9 Å². The van der Waals surface area contributed by atoms with Crippen molar-refractivity contribution in [3.05, 3.63) is 69.7 Å². The SMILES string of the molecule is C[C@H](NC1CC(c2ccc(Cl)cc2)C1)c1cccc(Cl)c1. The minimum atomic E-state index is 0.333. The second-order valence-electron chi connectivity index (χ2n) is 5.86. The molecule has 3 rings (SSSR count). The summed E-state index contributed by atoms with van der Waals surface area (Å²) in [6.07, 6.45) is 2.37. The van der Waals surface area contributed by atoms with E-state index in [1.54, 1.807) is 0 Å². The highest BCUT2D eigenvalue weighted by molar-refractivity contribution is 6.30. The molecular formula is C18H19Cl2N. The van der Waals surface area contributed by atoms with Gasteiger partial charge in [0.15, 0.2) is 0 Å². The topological polar surface area (TPSA) is 12.0 Å². The minimum absolute atomic E-state index is 0.333. The van der Waals surface area contributed by atoms with Crippen molar-refractivity contribution in [2.75, 3.05) is 0 Å². The molecule has 0 radical (unpaired) electrons. The Kier molecular flexibility index (Phi) is 4.54. The predicted molar refractivity (Wildman–Crippen MR) is 90.2 cm³/mol. The van der Waals surface area contributed by atoms with Gasteiger partial charge in [-0.3, -0.25) is 0 Å². The highest BCUT2D eigenvalue weighted by Crippen LogP contribution is 2.38. The molecule has 0 amide bonds. The molecule has 1 saturated carbocycles. The Morgan fingerprint density at radius 1 is 1.00 bits per heavy atom. The third kappa shape index (κ3) is 3.60. The summed E-state index contributed by atoms with van der Waals surface area (Å²) in [7, 11) is 0.